The van der Waals surface area contributed by atoms with Gasteiger partial charge in [-0.3, -0.25) is 0 Å². The third-order valence-electron chi connectivity index (χ3n) is 1.82. The minimum absolute atomic E-state index is 0.391. The fourth-order valence-corrected chi connectivity index (χ4v) is 4.38. The van der Waals surface area contributed by atoms with Crippen LogP contribution in [0.5, 0.6) is 0 Å². The van der Waals surface area contributed by atoms with E-state index >= 15 is 0 Å². The van der Waals surface area contributed by atoms with E-state index in [9.17, 15) is 4.79 Å². The monoisotopic (exact) mass is 382 g/mol. The van der Waals surface area contributed by atoms with Crippen molar-refractivity contribution >= 4 is 65.9 Å². The normalized spacial score (nSPS) is 10.7. The highest BCUT2D eigenvalue weighted by Crippen LogP contribution is 2.32. The van der Waals surface area contributed by atoms with E-state index in [0.717, 1.165) is 18.1 Å². The van der Waals surface area contributed by atoms with Crippen molar-refractivity contribution < 1.29 is 9.90 Å². The number of benzene rings is 1. The van der Waals surface area contributed by atoms with Crippen LogP contribution in [0.3, 0.4) is 0 Å². The van der Waals surface area contributed by atoms with Crippen molar-refractivity contribution in [2.75, 3.05) is 0 Å². The maximum atomic E-state index is 10.9. The molecule has 0 aliphatic rings. The van der Waals surface area contributed by atoms with Gasteiger partial charge in [-0.05, 0) is 34.7 Å². The van der Waals surface area contributed by atoms with Crippen LogP contribution in [0.15, 0.2) is 22.0 Å². The van der Waals surface area contributed by atoms with E-state index in [0.29, 0.717) is 5.56 Å². The summed E-state index contributed by atoms with van der Waals surface area (Å²) >= 11 is 6.99. The molecule has 0 amide bonds. The molecule has 2 nitrogen and oxygen atoms in total. The van der Waals surface area contributed by atoms with E-state index in [4.69, 9.17) is 5.11 Å². The Morgan fingerprint density at radius 2 is 2.21 bits per heavy atom. The van der Waals surface area contributed by atoms with Crippen molar-refractivity contribution in [2.45, 2.75) is 0 Å². The lowest BCUT2D eigenvalue weighted by atomic mass is 10.2. The second-order valence-corrected chi connectivity index (χ2v) is 5.70. The molecule has 0 unspecified atom stereocenters. The lowest BCUT2D eigenvalue weighted by Crippen LogP contribution is -1.94. The first-order chi connectivity index (χ1) is 6.59. The van der Waals surface area contributed by atoms with E-state index in [2.05, 4.69) is 38.5 Å². The molecule has 0 saturated heterocycles. The van der Waals surface area contributed by atoms with Crippen LogP contribution in [0.1, 0.15) is 10.4 Å². The maximum absolute atomic E-state index is 10.9. The van der Waals surface area contributed by atoms with Crippen molar-refractivity contribution in [3.63, 3.8) is 0 Å². The fourth-order valence-electron chi connectivity index (χ4n) is 1.24. The largest absolute Gasteiger partial charge is 0.478 e. The Kier molecular flexibility index (Phi) is 2.81. The predicted octanol–water partition coefficient (Wildman–Crippen LogP) is 3.97. The van der Waals surface area contributed by atoms with Crippen molar-refractivity contribution in [1.29, 1.82) is 0 Å². The number of carboxylic acid groups (broad SMARTS) is 1. The summed E-state index contributed by atoms with van der Waals surface area (Å²) in [5.41, 5.74) is 0.391. The number of halogens is 2. The van der Waals surface area contributed by atoms with Crippen LogP contribution < -0.4 is 0 Å². The topological polar surface area (TPSA) is 37.3 Å². The first-order valence-corrected chi connectivity index (χ1v) is 6.44. The van der Waals surface area contributed by atoms with E-state index in [1.54, 1.807) is 5.38 Å². The van der Waals surface area contributed by atoms with Gasteiger partial charge in [-0.1, -0.05) is 15.9 Å². The first-order valence-electron chi connectivity index (χ1n) is 3.69. The van der Waals surface area contributed by atoms with Crippen LogP contribution in [0, 0.1) is 3.57 Å². The van der Waals surface area contributed by atoms with Crippen molar-refractivity contribution in [3.8, 4) is 0 Å². The summed E-state index contributed by atoms with van der Waals surface area (Å²) in [6.45, 7) is 0. The number of fused-ring (bicyclic) bond motifs is 1. The highest BCUT2D eigenvalue weighted by molar-refractivity contribution is 14.1. The molecule has 0 atom stereocenters. The van der Waals surface area contributed by atoms with Crippen LogP contribution in [0.25, 0.3) is 10.1 Å². The summed E-state index contributed by atoms with van der Waals surface area (Å²) in [4.78, 5) is 10.9. The molecule has 0 bridgehead atoms. The van der Waals surface area contributed by atoms with Gasteiger partial charge in [0.05, 0.1) is 5.56 Å². The van der Waals surface area contributed by atoms with E-state index in [1.165, 1.54) is 11.3 Å². The molecule has 1 aromatic carbocycles. The molecule has 0 fully saturated rings. The molecule has 0 saturated carbocycles. The van der Waals surface area contributed by atoms with Gasteiger partial charge in [0.2, 0.25) is 0 Å². The summed E-state index contributed by atoms with van der Waals surface area (Å²) in [6.07, 6.45) is 0. The Bertz CT molecular complexity index is 521. The van der Waals surface area contributed by atoms with E-state index < -0.39 is 5.97 Å². The van der Waals surface area contributed by atoms with Crippen LogP contribution in [0.2, 0.25) is 0 Å². The SMILES string of the molecule is O=C(O)c1csc2cc(Br)cc(I)c12. The highest BCUT2D eigenvalue weighted by atomic mass is 127. The Labute approximate surface area is 106 Å². The molecule has 0 aliphatic heterocycles. The van der Waals surface area contributed by atoms with Crippen LogP contribution >= 0.6 is 49.9 Å². The van der Waals surface area contributed by atoms with Gasteiger partial charge in [-0.25, -0.2) is 4.79 Å². The van der Waals surface area contributed by atoms with E-state index in [-0.39, 0.29) is 0 Å². The number of aromatic carboxylic acids is 1. The minimum atomic E-state index is -0.864. The van der Waals surface area contributed by atoms with Crippen LogP contribution in [-0.4, -0.2) is 11.1 Å². The standard InChI is InChI=1S/C9H4BrIO2S/c10-4-1-6(11)8-5(9(12)13)3-14-7(8)2-4/h1-3H,(H,12,13). The van der Waals surface area contributed by atoms with Crippen LogP contribution in [0.4, 0.5) is 0 Å². The van der Waals surface area contributed by atoms with Gasteiger partial charge in [0.1, 0.15) is 0 Å². The van der Waals surface area contributed by atoms with Gasteiger partial charge in [-0.2, -0.15) is 0 Å². The average Bonchev–Trinajstić information content (AvgIpc) is 2.47. The molecule has 14 heavy (non-hydrogen) atoms. The zero-order chi connectivity index (χ0) is 10.3. The molecular formula is C9H4BrIO2S. The summed E-state index contributed by atoms with van der Waals surface area (Å²) in [6, 6.07) is 3.86. The molecule has 1 aromatic heterocycles. The summed E-state index contributed by atoms with van der Waals surface area (Å²) in [5.74, 6) is -0.864. The fraction of sp³-hybridized carbons (Fsp3) is 0. The molecule has 1 N–H and O–H groups in total. The van der Waals surface area contributed by atoms with E-state index in [1.807, 2.05) is 12.1 Å². The zero-order valence-corrected chi connectivity index (χ0v) is 11.3. The lowest BCUT2D eigenvalue weighted by Gasteiger charge is -1.97. The van der Waals surface area contributed by atoms with Crippen molar-refractivity contribution in [3.05, 3.63) is 31.1 Å². The predicted molar refractivity (Wildman–Crippen MR) is 69.2 cm³/mol. The van der Waals surface area contributed by atoms with Gasteiger partial charge >= 0.3 is 5.97 Å². The molecule has 72 valence electrons. The van der Waals surface area contributed by atoms with Gasteiger partial charge in [0, 0.05) is 23.5 Å². The zero-order valence-electron chi connectivity index (χ0n) is 6.75. The number of rotatable bonds is 1. The summed E-state index contributed by atoms with van der Waals surface area (Å²) < 4.78 is 2.94. The molecule has 0 aliphatic carbocycles. The van der Waals surface area contributed by atoms with Gasteiger partial charge in [-0.15, -0.1) is 11.3 Å². The average molecular weight is 383 g/mol. The molecule has 2 aromatic rings. The molecule has 2 rings (SSSR count). The third kappa shape index (κ3) is 1.68. The quantitative estimate of drug-likeness (QED) is 0.758. The van der Waals surface area contributed by atoms with Crippen LogP contribution in [-0.2, 0) is 0 Å². The van der Waals surface area contributed by atoms with Gasteiger partial charge < -0.3 is 5.11 Å². The molecular weight excluding hydrogens is 379 g/mol. The smallest absolute Gasteiger partial charge is 0.337 e. The first kappa shape index (κ1) is 10.4. The Hall–Kier alpha value is -0.140. The number of carbonyl (C=O) groups is 1. The van der Waals surface area contributed by atoms with Crippen molar-refractivity contribution in [2.24, 2.45) is 0 Å². The summed E-state index contributed by atoms with van der Waals surface area (Å²) in [7, 11) is 0. The molecule has 0 spiro atoms. The second kappa shape index (κ2) is 3.79. The molecule has 5 heteroatoms. The molecule has 1 heterocycles. The highest BCUT2D eigenvalue weighted by Gasteiger charge is 2.13. The Balaban J connectivity index is 2.85. The summed E-state index contributed by atoms with van der Waals surface area (Å²) in [5, 5.41) is 11.5. The number of thiophene rings is 1. The maximum Gasteiger partial charge on any atom is 0.337 e. The van der Waals surface area contributed by atoms with Crippen molar-refractivity contribution in [1.82, 2.24) is 0 Å². The second-order valence-electron chi connectivity index (χ2n) is 2.72. The van der Waals surface area contributed by atoms with Gasteiger partial charge in [0.25, 0.3) is 0 Å². The third-order valence-corrected chi connectivity index (χ3v) is 4.06. The number of carboxylic acids is 1. The lowest BCUT2D eigenvalue weighted by molar-refractivity contribution is 0.0699. The Morgan fingerprint density at radius 1 is 1.50 bits per heavy atom. The number of hydrogen-bond acceptors (Lipinski definition) is 2. The Morgan fingerprint density at radius 3 is 2.86 bits per heavy atom. The van der Waals surface area contributed by atoms with Gasteiger partial charge in [0.15, 0.2) is 0 Å². The molecule has 0 radical (unpaired) electrons. The minimum Gasteiger partial charge on any atom is -0.478 e. The number of hydrogen-bond donors (Lipinski definition) is 1.